The summed E-state index contributed by atoms with van der Waals surface area (Å²) in [6, 6.07) is 18.6. The zero-order valence-electron chi connectivity index (χ0n) is 13.7. The molecule has 0 aliphatic heterocycles. The second-order valence-electron chi connectivity index (χ2n) is 5.47. The van der Waals surface area contributed by atoms with E-state index >= 15 is 0 Å². The van der Waals surface area contributed by atoms with E-state index in [0.717, 1.165) is 11.3 Å². The number of non-ortho nitro benzene ring substituents is 1. The first-order valence-corrected chi connectivity index (χ1v) is 7.87. The summed E-state index contributed by atoms with van der Waals surface area (Å²) in [6.07, 6.45) is 5.49. The maximum absolute atomic E-state index is 12.3. The molecule has 0 saturated heterocycles. The molecular formula is C20H15N3O3. The Morgan fingerprint density at radius 3 is 2.62 bits per heavy atom. The number of hydrogen-bond acceptors (Lipinski definition) is 4. The number of nitro benzene ring substituents is 1. The van der Waals surface area contributed by atoms with Crippen molar-refractivity contribution in [3.63, 3.8) is 0 Å². The molecule has 1 amide bonds. The van der Waals surface area contributed by atoms with Gasteiger partial charge in [0.1, 0.15) is 0 Å². The minimum absolute atomic E-state index is 0.121. The number of nitrogens with one attached hydrogen (secondary N) is 1. The van der Waals surface area contributed by atoms with Crippen LogP contribution < -0.4 is 5.32 Å². The quantitative estimate of drug-likeness (QED) is 0.548. The number of anilines is 1. The Balaban J connectivity index is 1.74. The minimum atomic E-state index is -0.528. The van der Waals surface area contributed by atoms with Gasteiger partial charge in [-0.05, 0) is 42.0 Å². The van der Waals surface area contributed by atoms with Gasteiger partial charge in [-0.3, -0.25) is 19.9 Å². The van der Waals surface area contributed by atoms with Crippen molar-refractivity contribution in [1.82, 2.24) is 4.98 Å². The number of carbonyl (C=O) groups excluding carboxylic acids is 1. The molecule has 128 valence electrons. The summed E-state index contributed by atoms with van der Waals surface area (Å²) in [5.41, 5.74) is 2.44. The molecule has 1 aromatic heterocycles. The number of nitrogens with zero attached hydrogens (tertiary/aromatic N) is 2. The van der Waals surface area contributed by atoms with E-state index in [1.807, 2.05) is 48.6 Å². The van der Waals surface area contributed by atoms with Gasteiger partial charge in [-0.2, -0.15) is 0 Å². The van der Waals surface area contributed by atoms with E-state index < -0.39 is 10.8 Å². The zero-order chi connectivity index (χ0) is 18.4. The van der Waals surface area contributed by atoms with E-state index in [1.54, 1.807) is 12.3 Å². The Labute approximate surface area is 150 Å². The lowest BCUT2D eigenvalue weighted by molar-refractivity contribution is -0.384. The van der Waals surface area contributed by atoms with Gasteiger partial charge >= 0.3 is 0 Å². The summed E-state index contributed by atoms with van der Waals surface area (Å²) >= 11 is 0. The second-order valence-corrected chi connectivity index (χ2v) is 5.47. The number of pyridine rings is 1. The first-order chi connectivity index (χ1) is 12.6. The molecule has 0 bridgehead atoms. The van der Waals surface area contributed by atoms with Crippen LogP contribution in [0.5, 0.6) is 0 Å². The number of rotatable bonds is 5. The number of nitro groups is 1. The standard InChI is InChI=1S/C20H15N3O3/c24-20(16-6-4-9-19(14-16)23(25)26)22-18-8-3-5-15(13-18)10-11-17-7-1-2-12-21-17/h1-14H,(H,22,24)/b11-10+. The van der Waals surface area contributed by atoms with Crippen molar-refractivity contribution in [2.75, 3.05) is 5.32 Å². The van der Waals surface area contributed by atoms with Gasteiger partial charge in [-0.15, -0.1) is 0 Å². The van der Waals surface area contributed by atoms with Crippen LogP contribution in [0.4, 0.5) is 11.4 Å². The fourth-order valence-electron chi connectivity index (χ4n) is 2.34. The van der Waals surface area contributed by atoms with Crippen molar-refractivity contribution in [1.29, 1.82) is 0 Å². The van der Waals surface area contributed by atoms with Gasteiger partial charge in [0.25, 0.3) is 11.6 Å². The molecule has 1 heterocycles. The van der Waals surface area contributed by atoms with Crippen molar-refractivity contribution in [2.45, 2.75) is 0 Å². The van der Waals surface area contributed by atoms with Crippen molar-refractivity contribution in [3.8, 4) is 0 Å². The third kappa shape index (κ3) is 4.39. The van der Waals surface area contributed by atoms with Crippen molar-refractivity contribution in [3.05, 3.63) is 99.9 Å². The molecule has 3 rings (SSSR count). The lowest BCUT2D eigenvalue weighted by Crippen LogP contribution is -2.12. The highest BCUT2D eigenvalue weighted by atomic mass is 16.6. The molecule has 0 atom stereocenters. The number of aromatic nitrogens is 1. The Kier molecular flexibility index (Phi) is 5.14. The molecule has 26 heavy (non-hydrogen) atoms. The molecule has 0 fully saturated rings. The molecule has 2 aromatic carbocycles. The summed E-state index contributed by atoms with van der Waals surface area (Å²) in [5, 5.41) is 13.6. The van der Waals surface area contributed by atoms with E-state index in [-0.39, 0.29) is 11.3 Å². The van der Waals surface area contributed by atoms with Crippen molar-refractivity contribution >= 4 is 29.4 Å². The zero-order valence-corrected chi connectivity index (χ0v) is 13.7. The predicted molar refractivity (Wildman–Crippen MR) is 101 cm³/mol. The van der Waals surface area contributed by atoms with Crippen molar-refractivity contribution in [2.24, 2.45) is 0 Å². The van der Waals surface area contributed by atoms with Crippen LogP contribution in [0.1, 0.15) is 21.6 Å². The number of carbonyl (C=O) groups is 1. The molecular weight excluding hydrogens is 330 g/mol. The minimum Gasteiger partial charge on any atom is -0.322 e. The second kappa shape index (κ2) is 7.85. The predicted octanol–water partition coefficient (Wildman–Crippen LogP) is 4.41. The van der Waals surface area contributed by atoms with Gasteiger partial charge < -0.3 is 5.32 Å². The van der Waals surface area contributed by atoms with Crippen LogP contribution in [0.15, 0.2) is 72.9 Å². The smallest absolute Gasteiger partial charge is 0.270 e. The highest BCUT2D eigenvalue weighted by Crippen LogP contribution is 2.17. The molecule has 6 nitrogen and oxygen atoms in total. The summed E-state index contributed by atoms with van der Waals surface area (Å²) in [5.74, 6) is -0.403. The maximum Gasteiger partial charge on any atom is 0.270 e. The molecule has 6 heteroatoms. The van der Waals surface area contributed by atoms with E-state index in [9.17, 15) is 14.9 Å². The Bertz CT molecular complexity index is 969. The molecule has 0 saturated carbocycles. The van der Waals surface area contributed by atoms with Crippen LogP contribution in [0, 0.1) is 10.1 Å². The topological polar surface area (TPSA) is 85.1 Å². The summed E-state index contributed by atoms with van der Waals surface area (Å²) in [6.45, 7) is 0. The number of benzene rings is 2. The molecule has 1 N–H and O–H groups in total. The van der Waals surface area contributed by atoms with Gasteiger partial charge in [-0.25, -0.2) is 0 Å². The van der Waals surface area contributed by atoms with E-state index in [2.05, 4.69) is 10.3 Å². The van der Waals surface area contributed by atoms with Crippen LogP contribution >= 0.6 is 0 Å². The third-order valence-corrected chi connectivity index (χ3v) is 3.60. The van der Waals surface area contributed by atoms with Gasteiger partial charge in [0.2, 0.25) is 0 Å². The number of amides is 1. The van der Waals surface area contributed by atoms with Crippen LogP contribution in [0.25, 0.3) is 12.2 Å². The monoisotopic (exact) mass is 345 g/mol. The summed E-state index contributed by atoms with van der Waals surface area (Å²) in [7, 11) is 0. The van der Waals surface area contributed by atoms with Gasteiger partial charge in [0.15, 0.2) is 0 Å². The van der Waals surface area contributed by atoms with Crippen molar-refractivity contribution < 1.29 is 9.72 Å². The first-order valence-electron chi connectivity index (χ1n) is 7.87. The molecule has 0 unspecified atom stereocenters. The molecule has 0 aliphatic carbocycles. The molecule has 0 spiro atoms. The maximum atomic E-state index is 12.3. The van der Waals surface area contributed by atoms with Crippen LogP contribution in [0.2, 0.25) is 0 Å². The average molecular weight is 345 g/mol. The highest BCUT2D eigenvalue weighted by Gasteiger charge is 2.11. The van der Waals surface area contributed by atoms with Crippen LogP contribution in [0.3, 0.4) is 0 Å². The van der Waals surface area contributed by atoms with E-state index in [4.69, 9.17) is 0 Å². The SMILES string of the molecule is O=C(Nc1cccc(/C=C/c2ccccn2)c1)c1cccc([N+](=O)[O-])c1. The lowest BCUT2D eigenvalue weighted by Gasteiger charge is -2.06. The van der Waals surface area contributed by atoms with Crippen LogP contribution in [-0.4, -0.2) is 15.8 Å². The fraction of sp³-hybridized carbons (Fsp3) is 0. The Morgan fingerprint density at radius 2 is 1.85 bits per heavy atom. The average Bonchev–Trinajstić information content (AvgIpc) is 2.67. The van der Waals surface area contributed by atoms with E-state index in [1.165, 1.54) is 24.3 Å². The largest absolute Gasteiger partial charge is 0.322 e. The molecule has 0 aliphatic rings. The Morgan fingerprint density at radius 1 is 1.00 bits per heavy atom. The first kappa shape index (κ1) is 17.0. The normalized spacial score (nSPS) is 10.6. The number of hydrogen-bond donors (Lipinski definition) is 1. The molecule has 3 aromatic rings. The third-order valence-electron chi connectivity index (χ3n) is 3.60. The van der Waals surface area contributed by atoms with Gasteiger partial charge in [0, 0.05) is 29.6 Å². The van der Waals surface area contributed by atoms with Crippen LogP contribution in [-0.2, 0) is 0 Å². The highest BCUT2D eigenvalue weighted by molar-refractivity contribution is 6.04. The van der Waals surface area contributed by atoms with Gasteiger partial charge in [0.05, 0.1) is 10.6 Å². The summed E-state index contributed by atoms with van der Waals surface area (Å²) in [4.78, 5) is 26.8. The molecule has 0 radical (unpaired) electrons. The van der Waals surface area contributed by atoms with Gasteiger partial charge in [-0.1, -0.05) is 30.3 Å². The Hall–Kier alpha value is -3.80. The summed E-state index contributed by atoms with van der Waals surface area (Å²) < 4.78 is 0. The lowest BCUT2D eigenvalue weighted by atomic mass is 10.1. The van der Waals surface area contributed by atoms with E-state index in [0.29, 0.717) is 5.69 Å². The fourth-order valence-corrected chi connectivity index (χ4v) is 2.34.